The van der Waals surface area contributed by atoms with Gasteiger partial charge in [0.05, 0.1) is 22.9 Å². The third-order valence-electron chi connectivity index (χ3n) is 10.6. The highest BCUT2D eigenvalue weighted by molar-refractivity contribution is 5.93. The molecular weight excluding hydrogens is 496 g/mol. The van der Waals surface area contributed by atoms with E-state index in [2.05, 4.69) is 0 Å². The Bertz CT molecular complexity index is 1200. The van der Waals surface area contributed by atoms with Crippen LogP contribution < -0.4 is 5.63 Å². The summed E-state index contributed by atoms with van der Waals surface area (Å²) in [5.41, 5.74) is -5.30. The maximum Gasteiger partial charge on any atom is 0.335 e. The van der Waals surface area contributed by atoms with E-state index in [0.29, 0.717) is 24.8 Å². The molecule has 0 aliphatic heterocycles. The van der Waals surface area contributed by atoms with E-state index in [0.717, 1.165) is 0 Å². The van der Waals surface area contributed by atoms with E-state index >= 15 is 0 Å². The van der Waals surface area contributed by atoms with Crippen molar-refractivity contribution in [3.63, 3.8) is 0 Å². The number of carbonyl (C=O) groups excluding carboxylic acids is 3. The van der Waals surface area contributed by atoms with Gasteiger partial charge in [-0.25, -0.2) is 4.79 Å². The van der Waals surface area contributed by atoms with Crippen LogP contribution in [-0.2, 0) is 23.9 Å². The van der Waals surface area contributed by atoms with Crippen LogP contribution in [0, 0.1) is 22.7 Å². The number of carbonyl (C=O) groups is 3. The third-order valence-corrected chi connectivity index (χ3v) is 10.6. The molecule has 1 heterocycles. The van der Waals surface area contributed by atoms with Crippen molar-refractivity contribution in [2.45, 2.75) is 102 Å². The van der Waals surface area contributed by atoms with Crippen molar-refractivity contribution < 1.29 is 43.6 Å². The normalized spacial score (nSPS) is 45.9. The summed E-state index contributed by atoms with van der Waals surface area (Å²) >= 11 is 0. The Morgan fingerprint density at radius 3 is 2.18 bits per heavy atom. The van der Waals surface area contributed by atoms with E-state index in [4.69, 9.17) is 13.9 Å². The molecule has 1 aromatic rings. The number of aliphatic hydroxyl groups excluding tert-OH is 1. The minimum Gasteiger partial charge on any atom is -0.459 e. The first-order valence-electron chi connectivity index (χ1n) is 13.3. The molecule has 38 heavy (non-hydrogen) atoms. The number of aliphatic hydroxyl groups is 3. The molecular formula is C28H36O10. The maximum absolute atomic E-state index is 14.1. The standard InChI is InChI=1S/C28H36O10/c1-14(29)37-19-11-25(3)22-18(7-9-27(25,34)12-20(19)38-15(2)30)28(35)10-8-17(16-5-6-21(31)36-13-16)26(28,4)24(33)23(22)32/h5-6,13,17-20,22-23,32,34-35H,7-12H2,1-4H3/t17-,18-,19+,20-,22-,23+,25-,26+,27+,28+/m1/s1. The van der Waals surface area contributed by atoms with Crippen LogP contribution in [0.15, 0.2) is 27.6 Å². The zero-order valence-corrected chi connectivity index (χ0v) is 22.1. The van der Waals surface area contributed by atoms with Crippen LogP contribution in [0.3, 0.4) is 0 Å². The molecule has 0 aromatic carbocycles. The second-order valence-electron chi connectivity index (χ2n) is 12.2. The van der Waals surface area contributed by atoms with Crippen LogP contribution >= 0.6 is 0 Å². The van der Waals surface area contributed by atoms with Crippen LogP contribution in [0.5, 0.6) is 0 Å². The Balaban J connectivity index is 1.56. The molecule has 0 radical (unpaired) electrons. The first-order valence-corrected chi connectivity index (χ1v) is 13.3. The molecule has 3 N–H and O–H groups in total. The Kier molecular flexibility index (Phi) is 6.20. The predicted octanol–water partition coefficient (Wildman–Crippen LogP) is 1.62. The first kappa shape index (κ1) is 27.0. The summed E-state index contributed by atoms with van der Waals surface area (Å²) in [5.74, 6) is -3.49. The van der Waals surface area contributed by atoms with E-state index in [1.54, 1.807) is 19.9 Å². The lowest BCUT2D eigenvalue weighted by Crippen LogP contribution is -2.74. The summed E-state index contributed by atoms with van der Waals surface area (Å²) in [6, 6.07) is 2.88. The van der Waals surface area contributed by atoms with Gasteiger partial charge in [0.2, 0.25) is 0 Å². The van der Waals surface area contributed by atoms with E-state index in [9.17, 15) is 34.5 Å². The topological polar surface area (TPSA) is 161 Å². The van der Waals surface area contributed by atoms with Gasteiger partial charge in [-0.1, -0.05) is 6.92 Å². The number of Topliss-reactive ketones (excluding diaryl/α,β-unsaturated/α-hetero) is 1. The van der Waals surface area contributed by atoms with Crippen molar-refractivity contribution in [3.8, 4) is 0 Å². The molecule has 5 rings (SSSR count). The zero-order valence-electron chi connectivity index (χ0n) is 22.1. The van der Waals surface area contributed by atoms with Gasteiger partial charge < -0.3 is 29.2 Å². The summed E-state index contributed by atoms with van der Waals surface area (Å²) in [7, 11) is 0. The Labute approximate surface area is 220 Å². The first-order chi connectivity index (χ1) is 17.7. The number of hydrogen-bond donors (Lipinski definition) is 3. The Morgan fingerprint density at radius 1 is 0.974 bits per heavy atom. The van der Waals surface area contributed by atoms with Crippen molar-refractivity contribution >= 4 is 17.7 Å². The number of ketones is 1. The molecule has 10 heteroatoms. The van der Waals surface area contributed by atoms with E-state index in [-0.39, 0.29) is 19.3 Å². The zero-order chi connectivity index (χ0) is 27.8. The molecule has 208 valence electrons. The Morgan fingerprint density at radius 2 is 1.61 bits per heavy atom. The summed E-state index contributed by atoms with van der Waals surface area (Å²) in [5, 5.41) is 36.0. The minimum atomic E-state index is -1.50. The highest BCUT2D eigenvalue weighted by Crippen LogP contribution is 2.70. The molecule has 1 aromatic heterocycles. The molecule has 0 bridgehead atoms. The van der Waals surface area contributed by atoms with Crippen molar-refractivity contribution in [3.05, 3.63) is 34.4 Å². The maximum atomic E-state index is 14.1. The average molecular weight is 533 g/mol. The van der Waals surface area contributed by atoms with Gasteiger partial charge in [-0.3, -0.25) is 14.4 Å². The highest BCUT2D eigenvalue weighted by Gasteiger charge is 2.76. The molecule has 10 atom stereocenters. The summed E-state index contributed by atoms with van der Waals surface area (Å²) < 4.78 is 16.0. The van der Waals surface area contributed by atoms with Crippen LogP contribution in [0.1, 0.15) is 77.7 Å². The molecule has 0 unspecified atom stereocenters. The average Bonchev–Trinajstić information content (AvgIpc) is 3.11. The van der Waals surface area contributed by atoms with Gasteiger partial charge in [0.25, 0.3) is 0 Å². The quantitative estimate of drug-likeness (QED) is 0.488. The van der Waals surface area contributed by atoms with Crippen molar-refractivity contribution in [1.82, 2.24) is 0 Å². The molecule has 10 nitrogen and oxygen atoms in total. The lowest BCUT2D eigenvalue weighted by Gasteiger charge is -2.66. The number of rotatable bonds is 3. The van der Waals surface area contributed by atoms with Crippen LogP contribution in [-0.4, -0.2) is 62.6 Å². The van der Waals surface area contributed by atoms with Crippen LogP contribution in [0.25, 0.3) is 0 Å². The highest BCUT2D eigenvalue weighted by atomic mass is 16.6. The third kappa shape index (κ3) is 3.56. The summed E-state index contributed by atoms with van der Waals surface area (Å²) in [6.07, 6.45) is -0.571. The van der Waals surface area contributed by atoms with Crippen molar-refractivity contribution in [1.29, 1.82) is 0 Å². The van der Waals surface area contributed by atoms with E-state index in [1.165, 1.54) is 26.2 Å². The second kappa shape index (κ2) is 8.72. The summed E-state index contributed by atoms with van der Waals surface area (Å²) in [4.78, 5) is 49.3. The minimum absolute atomic E-state index is 0.0213. The smallest absolute Gasteiger partial charge is 0.335 e. The van der Waals surface area contributed by atoms with Gasteiger partial charge in [-0.15, -0.1) is 0 Å². The largest absolute Gasteiger partial charge is 0.459 e. The number of fused-ring (bicyclic) bond motifs is 5. The van der Waals surface area contributed by atoms with Crippen molar-refractivity contribution in [2.75, 3.05) is 0 Å². The van der Waals surface area contributed by atoms with Gasteiger partial charge in [0.1, 0.15) is 18.3 Å². The monoisotopic (exact) mass is 532 g/mol. The SMILES string of the molecule is CC(=O)O[C@H]1C[C@]2(C)[C@H]3[C@H](O)C(=O)[C@]4(C)[C@@H](c5ccc(=O)oc5)CC[C@]4(O)[C@@H]3CC[C@]2(O)C[C@H]1OC(C)=O. The molecule has 0 spiro atoms. The molecule has 4 saturated carbocycles. The molecule has 0 saturated heterocycles. The molecule has 4 aliphatic carbocycles. The lowest BCUT2D eigenvalue weighted by molar-refractivity contribution is -0.279. The number of esters is 2. The van der Waals surface area contributed by atoms with Gasteiger partial charge >= 0.3 is 17.6 Å². The molecule has 4 fully saturated rings. The second-order valence-corrected chi connectivity index (χ2v) is 12.2. The van der Waals surface area contributed by atoms with Crippen molar-refractivity contribution in [2.24, 2.45) is 22.7 Å². The summed E-state index contributed by atoms with van der Waals surface area (Å²) in [6.45, 7) is 5.94. The van der Waals surface area contributed by atoms with Crippen LogP contribution in [0.2, 0.25) is 0 Å². The fourth-order valence-corrected chi connectivity index (χ4v) is 8.76. The van der Waals surface area contributed by atoms with E-state index < -0.39 is 81.4 Å². The van der Waals surface area contributed by atoms with Gasteiger partial charge in [0, 0.05) is 43.6 Å². The van der Waals surface area contributed by atoms with E-state index in [1.807, 2.05) is 0 Å². The number of ether oxygens (including phenoxy) is 2. The number of hydrogen-bond acceptors (Lipinski definition) is 10. The van der Waals surface area contributed by atoms with Crippen LogP contribution in [0.4, 0.5) is 0 Å². The lowest BCUT2D eigenvalue weighted by atomic mass is 9.40. The van der Waals surface area contributed by atoms with Gasteiger partial charge in [-0.2, -0.15) is 0 Å². The van der Waals surface area contributed by atoms with Gasteiger partial charge in [-0.05, 0) is 56.6 Å². The molecule has 0 amide bonds. The predicted molar refractivity (Wildman–Crippen MR) is 131 cm³/mol. The molecule has 4 aliphatic rings. The fourth-order valence-electron chi connectivity index (χ4n) is 8.76. The van der Waals surface area contributed by atoms with Gasteiger partial charge in [0.15, 0.2) is 5.78 Å². The Hall–Kier alpha value is -2.56. The fraction of sp³-hybridized carbons (Fsp3) is 0.714.